The van der Waals surface area contributed by atoms with Crippen molar-refractivity contribution in [1.82, 2.24) is 4.90 Å². The zero-order valence-electron chi connectivity index (χ0n) is 13.2. The number of hydrogen-bond acceptors (Lipinski definition) is 5. The minimum atomic E-state index is -1.05. The molecule has 1 aromatic carbocycles. The number of rotatable bonds is 3. The number of halogens is 1. The molecule has 2 aliphatic rings. The van der Waals surface area contributed by atoms with E-state index in [1.54, 1.807) is 6.07 Å². The van der Waals surface area contributed by atoms with Gasteiger partial charge in [-0.3, -0.25) is 4.90 Å². The molecule has 0 spiro atoms. The predicted octanol–water partition coefficient (Wildman–Crippen LogP) is 0.440. The zero-order chi connectivity index (χ0) is 16.4. The second kappa shape index (κ2) is 7.13. The second-order valence-electron chi connectivity index (χ2n) is 6.73. The van der Waals surface area contributed by atoms with Crippen molar-refractivity contribution in [2.75, 3.05) is 37.6 Å². The molecule has 2 fully saturated rings. The summed E-state index contributed by atoms with van der Waals surface area (Å²) in [6.07, 6.45) is -0.914. The van der Waals surface area contributed by atoms with Crippen LogP contribution in [-0.4, -0.2) is 71.3 Å². The Morgan fingerprint density at radius 2 is 1.61 bits per heavy atom. The van der Waals surface area contributed by atoms with Crippen molar-refractivity contribution in [3.63, 3.8) is 0 Å². The third kappa shape index (κ3) is 3.83. The highest BCUT2D eigenvalue weighted by Crippen LogP contribution is 2.26. The van der Waals surface area contributed by atoms with Gasteiger partial charge >= 0.3 is 0 Å². The molecule has 0 aliphatic carbocycles. The minimum Gasteiger partial charge on any atom is -0.389 e. The Morgan fingerprint density at radius 1 is 1.00 bits per heavy atom. The first kappa shape index (κ1) is 16.6. The number of aliphatic hydroxyl groups excluding tert-OH is 3. The lowest BCUT2D eigenvalue weighted by atomic mass is 9.93. The van der Waals surface area contributed by atoms with E-state index in [1.165, 1.54) is 6.07 Å². The van der Waals surface area contributed by atoms with Crippen molar-refractivity contribution in [2.45, 2.75) is 31.2 Å². The first-order valence-electron chi connectivity index (χ1n) is 8.30. The van der Waals surface area contributed by atoms with Gasteiger partial charge in [0.05, 0.1) is 17.9 Å². The third-order valence-electron chi connectivity index (χ3n) is 5.00. The smallest absolute Gasteiger partial charge is 0.146 e. The molecule has 2 saturated heterocycles. The van der Waals surface area contributed by atoms with E-state index in [1.807, 2.05) is 17.0 Å². The molecule has 0 saturated carbocycles. The van der Waals surface area contributed by atoms with Gasteiger partial charge in [0.25, 0.3) is 0 Å². The maximum atomic E-state index is 13.8. The summed E-state index contributed by atoms with van der Waals surface area (Å²) < 4.78 is 13.8. The van der Waals surface area contributed by atoms with E-state index in [0.29, 0.717) is 24.7 Å². The van der Waals surface area contributed by atoms with Crippen molar-refractivity contribution in [1.29, 1.82) is 0 Å². The molecule has 2 heterocycles. The van der Waals surface area contributed by atoms with Crippen molar-refractivity contribution >= 4 is 5.69 Å². The summed E-state index contributed by atoms with van der Waals surface area (Å²) in [4.78, 5) is 4.10. The van der Waals surface area contributed by atoms with Crippen molar-refractivity contribution in [3.8, 4) is 0 Å². The maximum Gasteiger partial charge on any atom is 0.146 e. The van der Waals surface area contributed by atoms with Gasteiger partial charge in [-0.15, -0.1) is 0 Å². The fourth-order valence-corrected chi connectivity index (χ4v) is 3.65. The van der Waals surface area contributed by atoms with Crippen LogP contribution in [0.25, 0.3) is 0 Å². The number of aliphatic hydroxyl groups is 3. The van der Waals surface area contributed by atoms with Gasteiger partial charge in [-0.1, -0.05) is 12.1 Å². The number of β-amino-alcohol motifs (C(OH)–C–C–N with tert-alkyl or cyclic N) is 2. The lowest BCUT2D eigenvalue weighted by Gasteiger charge is -2.40. The molecular weight excluding hydrogens is 299 g/mol. The molecule has 128 valence electrons. The Kier molecular flexibility index (Phi) is 5.16. The van der Waals surface area contributed by atoms with E-state index >= 15 is 0 Å². The van der Waals surface area contributed by atoms with Crippen LogP contribution in [-0.2, 0) is 0 Å². The molecule has 0 bridgehead atoms. The van der Waals surface area contributed by atoms with Crippen molar-refractivity contribution in [3.05, 3.63) is 30.1 Å². The van der Waals surface area contributed by atoms with Gasteiger partial charge in [0.2, 0.25) is 0 Å². The Bertz CT molecular complexity index is 510. The number of anilines is 1. The summed E-state index contributed by atoms with van der Waals surface area (Å²) in [5, 5.41) is 29.1. The third-order valence-corrected chi connectivity index (χ3v) is 5.00. The van der Waals surface area contributed by atoms with Gasteiger partial charge in [-0.2, -0.15) is 0 Å². The molecule has 5 nitrogen and oxygen atoms in total. The standard InChI is InChI=1S/C17H25FN2O3/c18-13-3-1-2-4-14(13)20-7-5-12(6-8-20)9-19-10-15(21)17(23)16(22)11-19/h1-4,12,15-17,21-23H,5-11H2/t15-,16+,17?. The monoisotopic (exact) mass is 324 g/mol. The molecular formula is C17H25FN2O3. The lowest BCUT2D eigenvalue weighted by molar-refractivity contribution is -0.112. The SMILES string of the molecule is OC1[C@H](O)CN(CC2CCN(c3ccccc3F)CC2)C[C@@H]1O. The minimum absolute atomic E-state index is 0.179. The van der Waals surface area contributed by atoms with Crippen LogP contribution in [0.15, 0.2) is 24.3 Å². The molecule has 1 aromatic rings. The van der Waals surface area contributed by atoms with Gasteiger partial charge in [0.1, 0.15) is 11.9 Å². The molecule has 0 radical (unpaired) electrons. The van der Waals surface area contributed by atoms with Crippen LogP contribution in [0.2, 0.25) is 0 Å². The number of para-hydroxylation sites is 1. The summed E-state index contributed by atoms with van der Waals surface area (Å²) in [6, 6.07) is 6.86. The van der Waals surface area contributed by atoms with E-state index in [-0.39, 0.29) is 5.82 Å². The summed E-state index contributed by atoms with van der Waals surface area (Å²) in [7, 11) is 0. The summed E-state index contributed by atoms with van der Waals surface area (Å²) in [5.41, 5.74) is 0.665. The Balaban J connectivity index is 1.51. The van der Waals surface area contributed by atoms with Crippen LogP contribution in [0.4, 0.5) is 10.1 Å². The Morgan fingerprint density at radius 3 is 2.22 bits per heavy atom. The second-order valence-corrected chi connectivity index (χ2v) is 6.73. The molecule has 1 unspecified atom stereocenters. The molecule has 0 aromatic heterocycles. The first-order chi connectivity index (χ1) is 11.0. The van der Waals surface area contributed by atoms with Gasteiger partial charge in [-0.25, -0.2) is 4.39 Å². The highest BCUT2D eigenvalue weighted by Gasteiger charge is 2.34. The molecule has 3 rings (SSSR count). The van der Waals surface area contributed by atoms with E-state index in [2.05, 4.69) is 4.90 Å². The Labute approximate surface area is 136 Å². The van der Waals surface area contributed by atoms with E-state index in [0.717, 1.165) is 32.5 Å². The van der Waals surface area contributed by atoms with Gasteiger partial charge in [0.15, 0.2) is 0 Å². The quantitative estimate of drug-likeness (QED) is 0.753. The molecule has 3 atom stereocenters. The highest BCUT2D eigenvalue weighted by atomic mass is 19.1. The van der Waals surface area contributed by atoms with E-state index < -0.39 is 18.3 Å². The van der Waals surface area contributed by atoms with Crippen LogP contribution >= 0.6 is 0 Å². The summed E-state index contributed by atoms with van der Waals surface area (Å²) >= 11 is 0. The highest BCUT2D eigenvalue weighted by molar-refractivity contribution is 5.47. The van der Waals surface area contributed by atoms with Crippen LogP contribution in [0, 0.1) is 11.7 Å². The molecule has 6 heteroatoms. The average molecular weight is 324 g/mol. The molecule has 23 heavy (non-hydrogen) atoms. The first-order valence-corrected chi connectivity index (χ1v) is 8.30. The van der Waals surface area contributed by atoms with Crippen molar-refractivity contribution in [2.24, 2.45) is 5.92 Å². The maximum absolute atomic E-state index is 13.8. The predicted molar refractivity (Wildman–Crippen MR) is 85.8 cm³/mol. The molecule has 2 aliphatic heterocycles. The zero-order valence-corrected chi connectivity index (χ0v) is 13.2. The largest absolute Gasteiger partial charge is 0.389 e. The van der Waals surface area contributed by atoms with Crippen LogP contribution in [0.1, 0.15) is 12.8 Å². The van der Waals surface area contributed by atoms with Crippen LogP contribution < -0.4 is 4.90 Å². The number of piperidine rings is 2. The lowest BCUT2D eigenvalue weighted by Crippen LogP contribution is -2.56. The fraction of sp³-hybridized carbons (Fsp3) is 0.647. The Hall–Kier alpha value is -1.21. The number of nitrogens with zero attached hydrogens (tertiary/aromatic N) is 2. The molecule has 3 N–H and O–H groups in total. The topological polar surface area (TPSA) is 67.2 Å². The van der Waals surface area contributed by atoms with Crippen molar-refractivity contribution < 1.29 is 19.7 Å². The summed E-state index contributed by atoms with van der Waals surface area (Å²) in [5.74, 6) is 0.287. The van der Waals surface area contributed by atoms with Gasteiger partial charge in [0, 0.05) is 32.7 Å². The number of likely N-dealkylation sites (tertiary alicyclic amines) is 1. The van der Waals surface area contributed by atoms with Gasteiger partial charge < -0.3 is 20.2 Å². The van der Waals surface area contributed by atoms with Crippen LogP contribution in [0.3, 0.4) is 0 Å². The number of benzene rings is 1. The van der Waals surface area contributed by atoms with Crippen LogP contribution in [0.5, 0.6) is 0 Å². The normalized spacial score (nSPS) is 30.6. The van der Waals surface area contributed by atoms with Gasteiger partial charge in [-0.05, 0) is 30.9 Å². The molecule has 0 amide bonds. The van der Waals surface area contributed by atoms with E-state index in [9.17, 15) is 19.7 Å². The average Bonchev–Trinajstić information content (AvgIpc) is 2.54. The number of hydrogen-bond donors (Lipinski definition) is 3. The van der Waals surface area contributed by atoms with E-state index in [4.69, 9.17) is 0 Å². The summed E-state index contributed by atoms with van der Waals surface area (Å²) in [6.45, 7) is 3.21. The fourth-order valence-electron chi connectivity index (χ4n) is 3.65.